The molecule has 6 heteroatoms. The van der Waals surface area contributed by atoms with Gasteiger partial charge in [0.2, 0.25) is 0 Å². The number of carboxylic acid groups (broad SMARTS) is 1. The number of hydrogen-bond acceptors (Lipinski definition) is 2. The minimum Gasteiger partial charge on any atom is -0.478 e. The SMILES string of the molecule is O=C(O)c1ccccc1S(=O)Cc1cccc(Cl)c1F. The summed E-state index contributed by atoms with van der Waals surface area (Å²) in [5.41, 5.74) is 0.143. The smallest absolute Gasteiger partial charge is 0.336 e. The molecule has 1 N–H and O–H groups in total. The molecule has 0 saturated heterocycles. The largest absolute Gasteiger partial charge is 0.478 e. The van der Waals surface area contributed by atoms with Gasteiger partial charge in [-0.2, -0.15) is 0 Å². The fourth-order valence-corrected chi connectivity index (χ4v) is 3.21. The van der Waals surface area contributed by atoms with Gasteiger partial charge in [0.1, 0.15) is 5.82 Å². The molecule has 0 fully saturated rings. The third kappa shape index (κ3) is 3.05. The maximum atomic E-state index is 13.8. The van der Waals surface area contributed by atoms with Crippen molar-refractivity contribution < 1.29 is 18.5 Å². The van der Waals surface area contributed by atoms with E-state index in [2.05, 4.69) is 0 Å². The van der Waals surface area contributed by atoms with Crippen LogP contribution in [0.15, 0.2) is 47.4 Å². The quantitative estimate of drug-likeness (QED) is 0.940. The summed E-state index contributed by atoms with van der Waals surface area (Å²) in [6.45, 7) is 0. The lowest BCUT2D eigenvalue weighted by Crippen LogP contribution is -2.06. The summed E-state index contributed by atoms with van der Waals surface area (Å²) in [5, 5.41) is 9.00. The number of hydrogen-bond donors (Lipinski definition) is 1. The minimum atomic E-state index is -1.66. The maximum absolute atomic E-state index is 13.8. The Morgan fingerprint density at radius 3 is 2.60 bits per heavy atom. The normalized spacial score (nSPS) is 12.1. The summed E-state index contributed by atoms with van der Waals surface area (Å²) in [4.78, 5) is 11.2. The molecule has 0 heterocycles. The van der Waals surface area contributed by atoms with E-state index in [0.29, 0.717) is 0 Å². The van der Waals surface area contributed by atoms with Crippen molar-refractivity contribution in [2.75, 3.05) is 0 Å². The molecule has 0 aromatic heterocycles. The van der Waals surface area contributed by atoms with E-state index in [1.807, 2.05) is 0 Å². The Hall–Kier alpha value is -1.72. The summed E-state index contributed by atoms with van der Waals surface area (Å²) in [6, 6.07) is 10.4. The Labute approximate surface area is 122 Å². The van der Waals surface area contributed by atoms with E-state index in [0.717, 1.165) is 0 Å². The van der Waals surface area contributed by atoms with Crippen molar-refractivity contribution in [1.82, 2.24) is 0 Å². The molecule has 1 unspecified atom stereocenters. The van der Waals surface area contributed by atoms with Crippen LogP contribution in [0.4, 0.5) is 4.39 Å². The van der Waals surface area contributed by atoms with Crippen molar-refractivity contribution >= 4 is 28.4 Å². The molecule has 0 amide bonds. The highest BCUT2D eigenvalue weighted by Gasteiger charge is 2.17. The van der Waals surface area contributed by atoms with Gasteiger partial charge < -0.3 is 5.11 Å². The van der Waals surface area contributed by atoms with Crippen LogP contribution in [-0.2, 0) is 16.6 Å². The molecule has 2 aromatic carbocycles. The van der Waals surface area contributed by atoms with E-state index in [4.69, 9.17) is 16.7 Å². The summed E-state index contributed by atoms with van der Waals surface area (Å²) in [5.74, 6) is -1.92. The van der Waals surface area contributed by atoms with Gasteiger partial charge >= 0.3 is 5.97 Å². The summed E-state index contributed by atoms with van der Waals surface area (Å²) >= 11 is 5.66. The second kappa shape index (κ2) is 6.15. The number of benzene rings is 2. The van der Waals surface area contributed by atoms with E-state index < -0.39 is 22.6 Å². The highest BCUT2D eigenvalue weighted by atomic mass is 35.5. The molecule has 0 spiro atoms. The molecule has 0 radical (unpaired) electrons. The lowest BCUT2D eigenvalue weighted by molar-refractivity contribution is 0.0693. The standard InChI is InChI=1S/C14H10ClFO3S/c15-11-6-3-4-9(13(11)16)8-20(19)12-7-2-1-5-10(12)14(17)18/h1-7H,8H2,(H,17,18). The van der Waals surface area contributed by atoms with E-state index in [1.165, 1.54) is 24.3 Å². The zero-order chi connectivity index (χ0) is 14.7. The molecule has 0 bridgehead atoms. The number of aromatic carboxylic acids is 1. The van der Waals surface area contributed by atoms with Gasteiger partial charge in [-0.25, -0.2) is 9.18 Å². The van der Waals surface area contributed by atoms with Crippen molar-refractivity contribution in [3.8, 4) is 0 Å². The summed E-state index contributed by atoms with van der Waals surface area (Å²) < 4.78 is 26.0. The maximum Gasteiger partial charge on any atom is 0.336 e. The lowest BCUT2D eigenvalue weighted by atomic mass is 10.2. The number of carboxylic acids is 1. The van der Waals surface area contributed by atoms with Crippen molar-refractivity contribution in [1.29, 1.82) is 0 Å². The van der Waals surface area contributed by atoms with Crippen LogP contribution < -0.4 is 0 Å². The van der Waals surface area contributed by atoms with E-state index in [9.17, 15) is 13.4 Å². The third-order valence-corrected chi connectivity index (χ3v) is 4.39. The topological polar surface area (TPSA) is 54.4 Å². The molecule has 2 aromatic rings. The fraction of sp³-hybridized carbons (Fsp3) is 0.0714. The average molecular weight is 313 g/mol. The van der Waals surface area contributed by atoms with Crippen LogP contribution in [0.25, 0.3) is 0 Å². The minimum absolute atomic E-state index is 0.0479. The Bertz CT molecular complexity index is 688. The Kier molecular flexibility index (Phi) is 4.52. The third-order valence-electron chi connectivity index (χ3n) is 2.68. The summed E-state index contributed by atoms with van der Waals surface area (Å²) in [6.07, 6.45) is 0. The molecule has 3 nitrogen and oxygen atoms in total. The number of carbonyl (C=O) groups is 1. The van der Waals surface area contributed by atoms with Gasteiger partial charge in [0.05, 0.1) is 32.0 Å². The van der Waals surface area contributed by atoms with Gasteiger partial charge in [-0.3, -0.25) is 4.21 Å². The number of rotatable bonds is 4. The molecule has 0 aliphatic rings. The lowest BCUT2D eigenvalue weighted by Gasteiger charge is -2.07. The zero-order valence-corrected chi connectivity index (χ0v) is 11.7. The van der Waals surface area contributed by atoms with Crippen LogP contribution in [0.5, 0.6) is 0 Å². The molecule has 104 valence electrons. The van der Waals surface area contributed by atoms with Gasteiger partial charge in [-0.15, -0.1) is 0 Å². The fourth-order valence-electron chi connectivity index (χ4n) is 1.72. The number of halogens is 2. The average Bonchev–Trinajstić information content (AvgIpc) is 2.43. The van der Waals surface area contributed by atoms with Crippen molar-refractivity contribution in [3.05, 3.63) is 64.4 Å². The first-order valence-corrected chi connectivity index (χ1v) is 7.34. The molecule has 20 heavy (non-hydrogen) atoms. The van der Waals surface area contributed by atoms with Gasteiger partial charge in [0, 0.05) is 5.56 Å². The molecule has 0 saturated carbocycles. The molecule has 1 atom stereocenters. The highest BCUT2D eigenvalue weighted by Crippen LogP contribution is 2.22. The van der Waals surface area contributed by atoms with Crippen LogP contribution in [0.3, 0.4) is 0 Å². The van der Waals surface area contributed by atoms with Crippen molar-refractivity contribution in [2.45, 2.75) is 10.6 Å². The second-order valence-electron chi connectivity index (χ2n) is 4.00. The molecular weight excluding hydrogens is 303 g/mol. The van der Waals surface area contributed by atoms with Crippen LogP contribution >= 0.6 is 11.6 Å². The molecule has 0 aliphatic heterocycles. The van der Waals surface area contributed by atoms with E-state index >= 15 is 0 Å². The van der Waals surface area contributed by atoms with Crippen LogP contribution in [-0.4, -0.2) is 15.3 Å². The van der Waals surface area contributed by atoms with Crippen molar-refractivity contribution in [2.24, 2.45) is 0 Å². The van der Waals surface area contributed by atoms with Gasteiger partial charge in [-0.05, 0) is 18.2 Å². The van der Waals surface area contributed by atoms with E-state index in [1.54, 1.807) is 18.2 Å². The Balaban J connectivity index is 2.34. The first kappa shape index (κ1) is 14.7. The van der Waals surface area contributed by atoms with Crippen molar-refractivity contribution in [3.63, 3.8) is 0 Å². The predicted molar refractivity (Wildman–Crippen MR) is 74.9 cm³/mol. The molecular formula is C14H10ClFO3S. The van der Waals surface area contributed by atoms with Crippen LogP contribution in [0.1, 0.15) is 15.9 Å². The zero-order valence-electron chi connectivity index (χ0n) is 10.2. The monoisotopic (exact) mass is 312 g/mol. The van der Waals surface area contributed by atoms with Gasteiger partial charge in [0.25, 0.3) is 0 Å². The highest BCUT2D eigenvalue weighted by molar-refractivity contribution is 7.84. The van der Waals surface area contributed by atoms with Crippen LogP contribution in [0, 0.1) is 5.82 Å². The summed E-state index contributed by atoms with van der Waals surface area (Å²) in [7, 11) is -1.66. The first-order valence-electron chi connectivity index (χ1n) is 5.64. The molecule has 0 aliphatic carbocycles. The molecule has 2 rings (SSSR count). The van der Waals surface area contributed by atoms with Gasteiger partial charge in [-0.1, -0.05) is 35.9 Å². The predicted octanol–water partition coefficient (Wildman–Crippen LogP) is 3.49. The van der Waals surface area contributed by atoms with Gasteiger partial charge in [0.15, 0.2) is 0 Å². The second-order valence-corrected chi connectivity index (χ2v) is 5.83. The Morgan fingerprint density at radius 1 is 1.20 bits per heavy atom. The first-order chi connectivity index (χ1) is 9.50. The Morgan fingerprint density at radius 2 is 1.90 bits per heavy atom. The van der Waals surface area contributed by atoms with E-state index in [-0.39, 0.29) is 26.8 Å². The van der Waals surface area contributed by atoms with Crippen LogP contribution in [0.2, 0.25) is 5.02 Å².